The number of hydrogen-bond donors (Lipinski definition) is 1. The third-order valence-corrected chi connectivity index (χ3v) is 3.82. The Labute approximate surface area is 140 Å². The van der Waals surface area contributed by atoms with Crippen LogP contribution in [-0.2, 0) is 20.9 Å². The first-order chi connectivity index (χ1) is 11.5. The first-order valence-electron chi connectivity index (χ1n) is 7.89. The molecular formula is C17H22N2O5. The number of aliphatic hydroxyl groups is 1. The highest BCUT2D eigenvalue weighted by Crippen LogP contribution is 2.09. The van der Waals surface area contributed by atoms with Crippen molar-refractivity contribution < 1.29 is 24.2 Å². The van der Waals surface area contributed by atoms with Crippen molar-refractivity contribution in [3.63, 3.8) is 0 Å². The lowest BCUT2D eigenvalue weighted by atomic mass is 10.1. The number of nitrogens with zero attached hydrogens (tertiary/aromatic N) is 2. The van der Waals surface area contributed by atoms with Gasteiger partial charge in [-0.05, 0) is 12.5 Å². The molecular weight excluding hydrogens is 312 g/mol. The lowest BCUT2D eigenvalue weighted by Crippen LogP contribution is -2.53. The van der Waals surface area contributed by atoms with Crippen molar-refractivity contribution in [2.45, 2.75) is 26.1 Å². The summed E-state index contributed by atoms with van der Waals surface area (Å²) in [4.78, 5) is 38.0. The van der Waals surface area contributed by atoms with Crippen LogP contribution < -0.4 is 0 Å². The summed E-state index contributed by atoms with van der Waals surface area (Å²) in [5, 5.41) is 9.71. The van der Waals surface area contributed by atoms with Crippen molar-refractivity contribution >= 4 is 17.8 Å². The van der Waals surface area contributed by atoms with Gasteiger partial charge in [0.1, 0.15) is 18.5 Å². The molecule has 2 amide bonds. The maximum absolute atomic E-state index is 12.0. The van der Waals surface area contributed by atoms with Gasteiger partial charge in [0.25, 0.3) is 5.91 Å². The van der Waals surface area contributed by atoms with Crippen LogP contribution in [0.5, 0.6) is 0 Å². The molecule has 0 aliphatic carbocycles. The number of carbonyl (C=O) groups is 3. The zero-order valence-corrected chi connectivity index (χ0v) is 13.7. The number of aliphatic hydroxyl groups excluding tert-OH is 1. The molecule has 0 spiro atoms. The lowest BCUT2D eigenvalue weighted by Gasteiger charge is -2.35. The van der Waals surface area contributed by atoms with Crippen LogP contribution in [0, 0.1) is 0 Å². The largest absolute Gasteiger partial charge is 0.445 e. The molecule has 1 aromatic carbocycles. The van der Waals surface area contributed by atoms with Crippen molar-refractivity contribution in [3.05, 3.63) is 35.9 Å². The third kappa shape index (κ3) is 5.06. The highest BCUT2D eigenvalue weighted by Gasteiger charge is 2.28. The maximum Gasteiger partial charge on any atom is 0.410 e. The maximum atomic E-state index is 12.0. The molecule has 1 aliphatic heterocycles. The Bertz CT molecular complexity index is 582. The Morgan fingerprint density at radius 1 is 1.08 bits per heavy atom. The summed E-state index contributed by atoms with van der Waals surface area (Å²) in [5.74, 6) is -0.707. The average Bonchev–Trinajstić information content (AvgIpc) is 2.59. The Balaban J connectivity index is 1.76. The van der Waals surface area contributed by atoms with E-state index >= 15 is 0 Å². The van der Waals surface area contributed by atoms with Crippen LogP contribution in [0.2, 0.25) is 0 Å². The Morgan fingerprint density at radius 2 is 1.67 bits per heavy atom. The van der Waals surface area contributed by atoms with Crippen LogP contribution in [0.25, 0.3) is 0 Å². The second-order valence-corrected chi connectivity index (χ2v) is 5.77. The summed E-state index contributed by atoms with van der Waals surface area (Å²) in [6.45, 7) is 2.84. The number of piperazine rings is 1. The van der Waals surface area contributed by atoms with E-state index in [0.29, 0.717) is 26.2 Å². The van der Waals surface area contributed by atoms with Crippen LogP contribution in [0.4, 0.5) is 4.79 Å². The smallest absolute Gasteiger partial charge is 0.410 e. The van der Waals surface area contributed by atoms with Crippen LogP contribution in [0.15, 0.2) is 30.3 Å². The van der Waals surface area contributed by atoms with Gasteiger partial charge in [0, 0.05) is 32.6 Å². The summed E-state index contributed by atoms with van der Waals surface area (Å²) < 4.78 is 5.25. The number of rotatable bonds is 5. The summed E-state index contributed by atoms with van der Waals surface area (Å²) in [7, 11) is 0. The SMILES string of the molecule is CC(=O)CC(O)C(=O)N1CCN(C(=O)OCc2ccccc2)CC1. The van der Waals surface area contributed by atoms with Crippen LogP contribution in [0.3, 0.4) is 0 Å². The second kappa shape index (κ2) is 8.44. The van der Waals surface area contributed by atoms with Crippen LogP contribution >= 0.6 is 0 Å². The molecule has 1 heterocycles. The van der Waals surface area contributed by atoms with Crippen molar-refractivity contribution in [2.24, 2.45) is 0 Å². The van der Waals surface area contributed by atoms with Gasteiger partial charge >= 0.3 is 6.09 Å². The third-order valence-electron chi connectivity index (χ3n) is 3.82. The zero-order valence-electron chi connectivity index (χ0n) is 13.7. The molecule has 0 saturated carbocycles. The molecule has 2 rings (SSSR count). The van der Waals surface area contributed by atoms with E-state index in [1.54, 1.807) is 0 Å². The van der Waals surface area contributed by atoms with Gasteiger partial charge in [-0.1, -0.05) is 30.3 Å². The van der Waals surface area contributed by atoms with Crippen molar-refractivity contribution in [3.8, 4) is 0 Å². The Morgan fingerprint density at radius 3 is 2.25 bits per heavy atom. The number of carbonyl (C=O) groups excluding carboxylic acids is 3. The molecule has 1 aliphatic rings. The molecule has 24 heavy (non-hydrogen) atoms. The van der Waals surface area contributed by atoms with Gasteiger partial charge < -0.3 is 19.6 Å². The van der Waals surface area contributed by atoms with Gasteiger partial charge in [-0.25, -0.2) is 4.79 Å². The minimum absolute atomic E-state index is 0.182. The second-order valence-electron chi connectivity index (χ2n) is 5.77. The van der Waals surface area contributed by atoms with E-state index in [0.717, 1.165) is 5.56 Å². The molecule has 0 radical (unpaired) electrons. The van der Waals surface area contributed by atoms with E-state index in [1.807, 2.05) is 30.3 Å². The molecule has 1 unspecified atom stereocenters. The van der Waals surface area contributed by atoms with E-state index in [9.17, 15) is 19.5 Å². The van der Waals surface area contributed by atoms with E-state index in [1.165, 1.54) is 16.7 Å². The molecule has 1 atom stereocenters. The summed E-state index contributed by atoms with van der Waals surface area (Å²) in [6, 6.07) is 9.39. The number of benzene rings is 1. The van der Waals surface area contributed by atoms with Crippen molar-refractivity contribution in [1.82, 2.24) is 9.80 Å². The molecule has 1 aromatic rings. The van der Waals surface area contributed by atoms with Gasteiger partial charge in [0.15, 0.2) is 0 Å². The fourth-order valence-corrected chi connectivity index (χ4v) is 2.49. The monoisotopic (exact) mass is 334 g/mol. The van der Waals surface area contributed by atoms with Crippen LogP contribution in [0.1, 0.15) is 18.9 Å². The molecule has 7 nitrogen and oxygen atoms in total. The quantitative estimate of drug-likeness (QED) is 0.861. The molecule has 0 bridgehead atoms. The minimum Gasteiger partial charge on any atom is -0.445 e. The molecule has 7 heteroatoms. The summed E-state index contributed by atoms with van der Waals surface area (Å²) in [5.41, 5.74) is 0.909. The molecule has 1 fully saturated rings. The molecule has 1 N–H and O–H groups in total. The van der Waals surface area contributed by atoms with Gasteiger partial charge in [0.05, 0.1) is 0 Å². The van der Waals surface area contributed by atoms with Crippen molar-refractivity contribution in [2.75, 3.05) is 26.2 Å². The minimum atomic E-state index is -1.31. The van der Waals surface area contributed by atoms with Gasteiger partial charge in [0.2, 0.25) is 0 Å². The van der Waals surface area contributed by atoms with Gasteiger partial charge in [-0.3, -0.25) is 9.59 Å². The summed E-state index contributed by atoms with van der Waals surface area (Å²) >= 11 is 0. The summed E-state index contributed by atoms with van der Waals surface area (Å²) in [6.07, 6.45) is -1.91. The first-order valence-corrected chi connectivity index (χ1v) is 7.89. The number of hydrogen-bond acceptors (Lipinski definition) is 5. The van der Waals surface area contributed by atoms with Crippen LogP contribution in [-0.4, -0.2) is 65.0 Å². The lowest BCUT2D eigenvalue weighted by molar-refractivity contribution is -0.144. The zero-order chi connectivity index (χ0) is 17.5. The van der Waals surface area contributed by atoms with E-state index in [4.69, 9.17) is 4.74 Å². The predicted molar refractivity (Wildman–Crippen MR) is 86.1 cm³/mol. The fraction of sp³-hybridized carbons (Fsp3) is 0.471. The first kappa shape index (κ1) is 17.9. The van der Waals surface area contributed by atoms with Crippen molar-refractivity contribution in [1.29, 1.82) is 0 Å². The standard InChI is InChI=1S/C17H22N2O5/c1-13(20)11-15(21)16(22)18-7-9-19(10-8-18)17(23)24-12-14-5-3-2-4-6-14/h2-6,15,21H,7-12H2,1H3. The predicted octanol–water partition coefficient (Wildman–Crippen LogP) is 0.807. The Kier molecular flexibility index (Phi) is 6.31. The Hall–Kier alpha value is -2.41. The molecule has 1 saturated heterocycles. The van der Waals surface area contributed by atoms with Gasteiger partial charge in [-0.2, -0.15) is 0 Å². The van der Waals surface area contributed by atoms with E-state index in [2.05, 4.69) is 0 Å². The number of ketones is 1. The average molecular weight is 334 g/mol. The molecule has 130 valence electrons. The number of Topliss-reactive ketones (excluding diaryl/α,β-unsaturated/α-hetero) is 1. The molecule has 0 aromatic heterocycles. The van der Waals surface area contributed by atoms with E-state index < -0.39 is 18.1 Å². The number of ether oxygens (including phenoxy) is 1. The van der Waals surface area contributed by atoms with E-state index in [-0.39, 0.29) is 18.8 Å². The number of amides is 2. The normalized spacial score (nSPS) is 15.8. The highest BCUT2D eigenvalue weighted by atomic mass is 16.6. The topological polar surface area (TPSA) is 87.2 Å². The highest BCUT2D eigenvalue weighted by molar-refractivity contribution is 5.87. The van der Waals surface area contributed by atoms with Gasteiger partial charge in [-0.15, -0.1) is 0 Å². The fourth-order valence-electron chi connectivity index (χ4n) is 2.49.